The molecule has 2 aromatic rings. The van der Waals surface area contributed by atoms with Gasteiger partial charge in [-0.15, -0.1) is 0 Å². The fourth-order valence-corrected chi connectivity index (χ4v) is 3.74. The minimum atomic E-state index is 0.0874. The molecular formula is C14H9Cl6NO. The van der Waals surface area contributed by atoms with Crippen molar-refractivity contribution in [3.05, 3.63) is 65.5 Å². The van der Waals surface area contributed by atoms with Crippen LogP contribution in [0.15, 0.2) is 24.3 Å². The Bertz CT molecular complexity index is 600. The SMILES string of the molecule is ON(Cc1c(Cl)cc(Cl)cc1Cl)Cc1c(Cl)cc(Cl)cc1Cl. The normalized spacial score (nSPS) is 11.3. The second-order valence-electron chi connectivity index (χ2n) is 4.52. The van der Waals surface area contributed by atoms with E-state index in [2.05, 4.69) is 0 Å². The zero-order valence-corrected chi connectivity index (χ0v) is 15.4. The van der Waals surface area contributed by atoms with Gasteiger partial charge in [0.2, 0.25) is 0 Å². The molecule has 0 saturated carbocycles. The summed E-state index contributed by atoms with van der Waals surface area (Å²) in [7, 11) is 0. The molecule has 2 aromatic carbocycles. The van der Waals surface area contributed by atoms with Crippen molar-refractivity contribution in [1.29, 1.82) is 0 Å². The summed E-state index contributed by atoms with van der Waals surface area (Å²) < 4.78 is 0. The second-order valence-corrected chi connectivity index (χ2v) is 7.02. The first-order valence-corrected chi connectivity index (χ1v) is 8.25. The Labute approximate surface area is 158 Å². The summed E-state index contributed by atoms with van der Waals surface area (Å²) in [5.74, 6) is 0. The Balaban J connectivity index is 2.19. The standard InChI is InChI=1S/C14H9Cl6NO/c15-7-1-11(17)9(12(18)2-7)5-21(22)6-10-13(19)3-8(16)4-14(10)20/h1-4,22H,5-6H2. The second kappa shape index (κ2) is 7.78. The molecule has 0 aliphatic carbocycles. The summed E-state index contributed by atoms with van der Waals surface area (Å²) >= 11 is 36.1. The number of nitrogens with zero attached hydrogens (tertiary/aromatic N) is 1. The van der Waals surface area contributed by atoms with E-state index in [1.54, 1.807) is 24.3 Å². The molecule has 0 saturated heterocycles. The molecule has 0 amide bonds. The molecule has 0 spiro atoms. The molecule has 0 aliphatic heterocycles. The minimum Gasteiger partial charge on any atom is -0.313 e. The van der Waals surface area contributed by atoms with Crippen LogP contribution in [-0.2, 0) is 13.1 Å². The van der Waals surface area contributed by atoms with Crippen LogP contribution in [0.4, 0.5) is 0 Å². The van der Waals surface area contributed by atoms with Crippen molar-refractivity contribution in [3.63, 3.8) is 0 Å². The van der Waals surface area contributed by atoms with Crippen molar-refractivity contribution in [2.24, 2.45) is 0 Å². The van der Waals surface area contributed by atoms with Crippen molar-refractivity contribution >= 4 is 69.6 Å². The van der Waals surface area contributed by atoms with E-state index >= 15 is 0 Å². The van der Waals surface area contributed by atoms with Crippen LogP contribution in [0.5, 0.6) is 0 Å². The van der Waals surface area contributed by atoms with Gasteiger partial charge in [0.1, 0.15) is 0 Å². The van der Waals surface area contributed by atoms with Crippen molar-refractivity contribution in [2.75, 3.05) is 0 Å². The first-order chi connectivity index (χ1) is 10.3. The molecule has 0 aliphatic rings. The van der Waals surface area contributed by atoms with Crippen molar-refractivity contribution in [1.82, 2.24) is 5.06 Å². The number of hydroxylamine groups is 2. The molecule has 2 rings (SSSR count). The van der Waals surface area contributed by atoms with Crippen LogP contribution < -0.4 is 0 Å². The maximum absolute atomic E-state index is 10.1. The van der Waals surface area contributed by atoms with Crippen LogP contribution >= 0.6 is 69.6 Å². The topological polar surface area (TPSA) is 23.5 Å². The van der Waals surface area contributed by atoms with E-state index in [1.165, 1.54) is 0 Å². The van der Waals surface area contributed by atoms with Gasteiger partial charge in [0.05, 0.1) is 13.1 Å². The highest BCUT2D eigenvalue weighted by molar-refractivity contribution is 6.40. The highest BCUT2D eigenvalue weighted by atomic mass is 35.5. The number of hydrogen-bond donors (Lipinski definition) is 1. The monoisotopic (exact) mass is 417 g/mol. The average Bonchev–Trinajstić information content (AvgIpc) is 2.38. The van der Waals surface area contributed by atoms with Crippen LogP contribution in [0.2, 0.25) is 30.1 Å². The molecule has 0 unspecified atom stereocenters. The highest BCUT2D eigenvalue weighted by Crippen LogP contribution is 2.32. The number of rotatable bonds is 4. The van der Waals surface area contributed by atoms with E-state index in [1.807, 2.05) is 0 Å². The lowest BCUT2D eigenvalue weighted by atomic mass is 10.2. The molecule has 8 heteroatoms. The molecule has 0 aromatic heterocycles. The molecule has 0 bridgehead atoms. The van der Waals surface area contributed by atoms with Crippen molar-refractivity contribution in [3.8, 4) is 0 Å². The van der Waals surface area contributed by atoms with Gasteiger partial charge in [0.25, 0.3) is 0 Å². The predicted octanol–water partition coefficient (Wildman–Crippen LogP) is 7.00. The van der Waals surface area contributed by atoms with Gasteiger partial charge in [-0.1, -0.05) is 69.6 Å². The summed E-state index contributed by atoms with van der Waals surface area (Å²) in [6.07, 6.45) is 0. The maximum atomic E-state index is 10.1. The van der Waals surface area contributed by atoms with Gasteiger partial charge in [-0.2, -0.15) is 5.06 Å². The Morgan fingerprint density at radius 1 is 0.636 bits per heavy atom. The van der Waals surface area contributed by atoms with Crippen molar-refractivity contribution in [2.45, 2.75) is 13.1 Å². The maximum Gasteiger partial charge on any atom is 0.0522 e. The third kappa shape index (κ3) is 4.56. The van der Waals surface area contributed by atoms with Gasteiger partial charge in [-0.25, -0.2) is 0 Å². The fourth-order valence-electron chi connectivity index (χ4n) is 1.87. The summed E-state index contributed by atoms with van der Waals surface area (Å²) in [5.41, 5.74) is 1.10. The first kappa shape index (κ1) is 18.4. The molecule has 0 heterocycles. The van der Waals surface area contributed by atoms with Gasteiger partial charge in [-0.05, 0) is 24.3 Å². The molecule has 1 N–H and O–H groups in total. The lowest BCUT2D eigenvalue weighted by molar-refractivity contribution is -0.108. The Morgan fingerprint density at radius 3 is 1.18 bits per heavy atom. The molecule has 0 radical (unpaired) electrons. The third-order valence-corrected chi connectivity index (χ3v) is 4.68. The Hall–Kier alpha value is 0.1000. The number of halogens is 6. The molecule has 0 fully saturated rings. The van der Waals surface area contributed by atoms with E-state index < -0.39 is 0 Å². The molecule has 0 atom stereocenters. The van der Waals surface area contributed by atoms with Crippen LogP contribution in [0.1, 0.15) is 11.1 Å². The Morgan fingerprint density at radius 2 is 0.909 bits per heavy atom. The summed E-state index contributed by atoms with van der Waals surface area (Å²) in [5, 5.41) is 13.4. The van der Waals surface area contributed by atoms with Crippen molar-refractivity contribution < 1.29 is 5.21 Å². The smallest absolute Gasteiger partial charge is 0.0522 e. The Kier molecular flexibility index (Phi) is 6.52. The predicted molar refractivity (Wildman–Crippen MR) is 94.0 cm³/mol. The van der Waals surface area contributed by atoms with E-state index in [0.717, 1.165) is 5.06 Å². The zero-order valence-electron chi connectivity index (χ0n) is 10.9. The lowest BCUT2D eigenvalue weighted by Gasteiger charge is -2.18. The third-order valence-electron chi connectivity index (χ3n) is 2.89. The van der Waals surface area contributed by atoms with Gasteiger partial charge in [-0.3, -0.25) is 0 Å². The fraction of sp³-hybridized carbons (Fsp3) is 0.143. The van der Waals surface area contributed by atoms with E-state index in [9.17, 15) is 5.21 Å². The molecule has 2 nitrogen and oxygen atoms in total. The zero-order chi connectivity index (χ0) is 16.4. The molecule has 118 valence electrons. The van der Waals surface area contributed by atoms with E-state index in [0.29, 0.717) is 41.3 Å². The first-order valence-electron chi connectivity index (χ1n) is 5.98. The van der Waals surface area contributed by atoms with Gasteiger partial charge in [0, 0.05) is 41.3 Å². The van der Waals surface area contributed by atoms with Gasteiger partial charge in [0.15, 0.2) is 0 Å². The average molecular weight is 420 g/mol. The van der Waals surface area contributed by atoms with Crippen LogP contribution in [0, 0.1) is 0 Å². The van der Waals surface area contributed by atoms with Gasteiger partial charge < -0.3 is 5.21 Å². The van der Waals surface area contributed by atoms with Gasteiger partial charge >= 0.3 is 0 Å². The summed E-state index contributed by atoms with van der Waals surface area (Å²) in [6, 6.07) is 6.22. The minimum absolute atomic E-state index is 0.0874. The van der Waals surface area contributed by atoms with Crippen LogP contribution in [-0.4, -0.2) is 10.3 Å². The summed E-state index contributed by atoms with van der Waals surface area (Å²) in [4.78, 5) is 0. The number of benzene rings is 2. The number of hydrogen-bond acceptors (Lipinski definition) is 2. The van der Waals surface area contributed by atoms with E-state index in [4.69, 9.17) is 69.6 Å². The van der Waals surface area contributed by atoms with E-state index in [-0.39, 0.29) is 13.1 Å². The lowest BCUT2D eigenvalue weighted by Crippen LogP contribution is -2.19. The molecular weight excluding hydrogens is 411 g/mol. The van der Waals surface area contributed by atoms with Crippen LogP contribution in [0.3, 0.4) is 0 Å². The molecule has 22 heavy (non-hydrogen) atoms. The summed E-state index contributed by atoms with van der Waals surface area (Å²) in [6.45, 7) is 0.175. The quantitative estimate of drug-likeness (QED) is 0.539. The highest BCUT2D eigenvalue weighted by Gasteiger charge is 2.15. The van der Waals surface area contributed by atoms with Crippen LogP contribution in [0.25, 0.3) is 0 Å². The largest absolute Gasteiger partial charge is 0.313 e.